The molecule has 9 heteroatoms. The standard InChI is InChI=1S/C25H32N6O3/c1-18-20(19(2)31-25(26-18)21-5-3-4-6-22(21)27-31)7-8-23(32)29-9-11-30(12-10-29)24(33)17-28-13-15-34-16-14-28/h3-6H,7-17H2,1-2H3. The van der Waals surface area contributed by atoms with Crippen LogP contribution in [0.25, 0.3) is 16.6 Å². The number of carbonyl (C=O) groups is 2. The van der Waals surface area contributed by atoms with Crippen molar-refractivity contribution in [3.63, 3.8) is 0 Å². The normalized spacial score (nSPS) is 17.6. The Morgan fingerprint density at radius 2 is 1.62 bits per heavy atom. The van der Waals surface area contributed by atoms with Gasteiger partial charge < -0.3 is 14.5 Å². The molecular weight excluding hydrogens is 432 g/mol. The average molecular weight is 465 g/mol. The number of hydrogen-bond donors (Lipinski definition) is 0. The summed E-state index contributed by atoms with van der Waals surface area (Å²) in [5.41, 5.74) is 4.84. The Morgan fingerprint density at radius 1 is 0.941 bits per heavy atom. The molecule has 0 aliphatic carbocycles. The van der Waals surface area contributed by atoms with E-state index in [-0.39, 0.29) is 11.8 Å². The number of morpholine rings is 1. The van der Waals surface area contributed by atoms with Crippen molar-refractivity contribution in [2.75, 3.05) is 59.0 Å². The molecule has 2 fully saturated rings. The zero-order valence-electron chi connectivity index (χ0n) is 20.0. The summed E-state index contributed by atoms with van der Waals surface area (Å²) >= 11 is 0. The van der Waals surface area contributed by atoms with Crippen molar-refractivity contribution in [3.05, 3.63) is 41.2 Å². The monoisotopic (exact) mass is 464 g/mol. The minimum atomic E-state index is 0.129. The van der Waals surface area contributed by atoms with Gasteiger partial charge in [-0.3, -0.25) is 14.5 Å². The van der Waals surface area contributed by atoms with Gasteiger partial charge in [-0.05, 0) is 38.0 Å². The molecule has 2 aliphatic rings. The number of benzene rings is 1. The maximum absolute atomic E-state index is 12.9. The van der Waals surface area contributed by atoms with Gasteiger partial charge in [0.15, 0.2) is 5.65 Å². The van der Waals surface area contributed by atoms with Gasteiger partial charge in [-0.25, -0.2) is 9.50 Å². The summed E-state index contributed by atoms with van der Waals surface area (Å²) < 4.78 is 7.25. The molecule has 0 saturated carbocycles. The van der Waals surface area contributed by atoms with E-state index in [9.17, 15) is 9.59 Å². The molecule has 2 amide bonds. The van der Waals surface area contributed by atoms with Gasteiger partial charge in [0.2, 0.25) is 11.8 Å². The molecule has 2 saturated heterocycles. The highest BCUT2D eigenvalue weighted by atomic mass is 16.5. The zero-order chi connectivity index (χ0) is 23.7. The van der Waals surface area contributed by atoms with E-state index >= 15 is 0 Å². The van der Waals surface area contributed by atoms with Crippen molar-refractivity contribution in [3.8, 4) is 0 Å². The van der Waals surface area contributed by atoms with Crippen LogP contribution in [0.5, 0.6) is 0 Å². The van der Waals surface area contributed by atoms with Crippen molar-refractivity contribution >= 4 is 28.4 Å². The first kappa shape index (κ1) is 22.7. The van der Waals surface area contributed by atoms with Crippen LogP contribution in [0, 0.1) is 13.8 Å². The summed E-state index contributed by atoms with van der Waals surface area (Å²) in [6.07, 6.45) is 1.06. The van der Waals surface area contributed by atoms with E-state index in [1.165, 1.54) is 0 Å². The van der Waals surface area contributed by atoms with E-state index < -0.39 is 0 Å². The van der Waals surface area contributed by atoms with Gasteiger partial charge in [0.05, 0.1) is 25.3 Å². The number of aryl methyl sites for hydroxylation is 2. The Balaban J connectivity index is 1.18. The van der Waals surface area contributed by atoms with Crippen LogP contribution in [0.2, 0.25) is 0 Å². The third kappa shape index (κ3) is 4.50. The molecule has 0 atom stereocenters. The van der Waals surface area contributed by atoms with Crippen molar-refractivity contribution < 1.29 is 14.3 Å². The number of ether oxygens (including phenoxy) is 1. The first-order valence-corrected chi connectivity index (χ1v) is 12.1. The molecule has 34 heavy (non-hydrogen) atoms. The zero-order valence-corrected chi connectivity index (χ0v) is 20.0. The number of piperazine rings is 1. The van der Waals surface area contributed by atoms with Crippen LogP contribution in [0.4, 0.5) is 0 Å². The van der Waals surface area contributed by atoms with Crippen molar-refractivity contribution in [1.82, 2.24) is 29.3 Å². The van der Waals surface area contributed by atoms with Crippen LogP contribution in [0.15, 0.2) is 24.3 Å². The number of rotatable bonds is 5. The summed E-state index contributed by atoms with van der Waals surface area (Å²) in [5, 5.41) is 5.75. The molecule has 0 N–H and O–H groups in total. The summed E-state index contributed by atoms with van der Waals surface area (Å²) in [7, 11) is 0. The van der Waals surface area contributed by atoms with E-state index in [0.717, 1.165) is 46.6 Å². The van der Waals surface area contributed by atoms with Gasteiger partial charge in [0, 0.05) is 62.5 Å². The molecule has 0 bridgehead atoms. The average Bonchev–Trinajstić information content (AvgIpc) is 3.23. The van der Waals surface area contributed by atoms with Gasteiger partial charge in [0.25, 0.3) is 0 Å². The fourth-order valence-electron chi connectivity index (χ4n) is 4.98. The number of aromatic nitrogens is 3. The highest BCUT2D eigenvalue weighted by Crippen LogP contribution is 2.23. The summed E-state index contributed by atoms with van der Waals surface area (Å²) in [5.74, 6) is 0.274. The largest absolute Gasteiger partial charge is 0.379 e. The molecule has 3 aromatic rings. The molecular formula is C25H32N6O3. The molecule has 5 rings (SSSR count). The Bertz CT molecular complexity index is 1210. The van der Waals surface area contributed by atoms with Gasteiger partial charge in [-0.1, -0.05) is 12.1 Å². The van der Waals surface area contributed by atoms with Crippen LogP contribution < -0.4 is 0 Å². The second-order valence-corrected chi connectivity index (χ2v) is 9.16. The number of hydrogen-bond acceptors (Lipinski definition) is 6. The van der Waals surface area contributed by atoms with Gasteiger partial charge in [0.1, 0.15) is 0 Å². The van der Waals surface area contributed by atoms with Gasteiger partial charge in [-0.15, -0.1) is 0 Å². The highest BCUT2D eigenvalue weighted by molar-refractivity contribution is 5.92. The lowest BCUT2D eigenvalue weighted by Crippen LogP contribution is -2.53. The number of carbonyl (C=O) groups excluding carboxylic acids is 2. The Labute approximate surface area is 199 Å². The lowest BCUT2D eigenvalue weighted by Gasteiger charge is -2.36. The van der Waals surface area contributed by atoms with Crippen LogP contribution >= 0.6 is 0 Å². The molecule has 0 spiro atoms. The number of fused-ring (bicyclic) bond motifs is 3. The highest BCUT2D eigenvalue weighted by Gasteiger charge is 2.26. The summed E-state index contributed by atoms with van der Waals surface area (Å²) in [4.78, 5) is 36.3. The van der Waals surface area contributed by atoms with E-state index in [1.54, 1.807) is 0 Å². The van der Waals surface area contributed by atoms with Crippen LogP contribution in [0.1, 0.15) is 23.4 Å². The number of amides is 2. The third-order valence-corrected chi connectivity index (χ3v) is 7.05. The maximum Gasteiger partial charge on any atom is 0.236 e. The fourth-order valence-corrected chi connectivity index (χ4v) is 4.98. The lowest BCUT2D eigenvalue weighted by atomic mass is 10.1. The minimum absolute atomic E-state index is 0.129. The van der Waals surface area contributed by atoms with E-state index in [0.29, 0.717) is 58.8 Å². The van der Waals surface area contributed by atoms with Crippen LogP contribution in [-0.4, -0.2) is 100 Å². The fraction of sp³-hybridized carbons (Fsp3) is 0.520. The van der Waals surface area contributed by atoms with E-state index in [1.807, 2.05) is 52.4 Å². The van der Waals surface area contributed by atoms with Crippen LogP contribution in [-0.2, 0) is 20.7 Å². The minimum Gasteiger partial charge on any atom is -0.379 e. The molecule has 180 valence electrons. The molecule has 0 unspecified atom stereocenters. The van der Waals surface area contributed by atoms with Gasteiger partial charge in [-0.2, -0.15) is 5.10 Å². The molecule has 9 nitrogen and oxygen atoms in total. The van der Waals surface area contributed by atoms with Crippen molar-refractivity contribution in [2.45, 2.75) is 26.7 Å². The third-order valence-electron chi connectivity index (χ3n) is 7.05. The second-order valence-electron chi connectivity index (χ2n) is 9.16. The Hall–Kier alpha value is -3.04. The number of nitrogens with zero attached hydrogens (tertiary/aromatic N) is 6. The topological polar surface area (TPSA) is 83.3 Å². The quantitative estimate of drug-likeness (QED) is 0.568. The van der Waals surface area contributed by atoms with Gasteiger partial charge >= 0.3 is 0 Å². The smallest absolute Gasteiger partial charge is 0.236 e. The second kappa shape index (κ2) is 9.68. The molecule has 0 radical (unpaired) electrons. The molecule has 2 aromatic heterocycles. The Kier molecular flexibility index (Phi) is 6.47. The molecule has 4 heterocycles. The maximum atomic E-state index is 12.9. The summed E-state index contributed by atoms with van der Waals surface area (Å²) in [6.45, 7) is 9.85. The first-order valence-electron chi connectivity index (χ1n) is 12.1. The Morgan fingerprint density at radius 3 is 2.35 bits per heavy atom. The molecule has 1 aromatic carbocycles. The SMILES string of the molecule is Cc1nc2c3ccccc3nn2c(C)c1CCC(=O)N1CCN(C(=O)CN2CCOCC2)CC1. The van der Waals surface area contributed by atoms with E-state index in [2.05, 4.69) is 4.90 Å². The van der Waals surface area contributed by atoms with Crippen LogP contribution in [0.3, 0.4) is 0 Å². The predicted molar refractivity (Wildman–Crippen MR) is 129 cm³/mol. The molecule has 2 aliphatic heterocycles. The van der Waals surface area contributed by atoms with Crippen molar-refractivity contribution in [1.29, 1.82) is 0 Å². The van der Waals surface area contributed by atoms with Crippen molar-refractivity contribution in [2.24, 2.45) is 0 Å². The van der Waals surface area contributed by atoms with E-state index in [4.69, 9.17) is 14.8 Å². The summed E-state index contributed by atoms with van der Waals surface area (Å²) in [6, 6.07) is 8.01. The predicted octanol–water partition coefficient (Wildman–Crippen LogP) is 1.43. The lowest BCUT2D eigenvalue weighted by molar-refractivity contribution is -0.140. The first-order chi connectivity index (χ1) is 16.5.